The molecule has 1 heterocycles. The van der Waals surface area contributed by atoms with Crippen molar-refractivity contribution in [1.82, 2.24) is 10.3 Å². The van der Waals surface area contributed by atoms with Crippen LogP contribution < -0.4 is 10.1 Å². The van der Waals surface area contributed by atoms with Gasteiger partial charge in [-0.1, -0.05) is 29.8 Å². The monoisotopic (exact) mass is 424 g/mol. The zero-order valence-electron chi connectivity index (χ0n) is 15.1. The summed E-state index contributed by atoms with van der Waals surface area (Å²) in [6.07, 6.45) is -1.90. The molecule has 2 aromatic carbocycles. The van der Waals surface area contributed by atoms with Gasteiger partial charge < -0.3 is 10.1 Å². The van der Waals surface area contributed by atoms with E-state index in [9.17, 15) is 17.6 Å². The van der Waals surface area contributed by atoms with Crippen molar-refractivity contribution in [3.63, 3.8) is 0 Å². The number of ether oxygens (including phenoxy) is 1. The van der Waals surface area contributed by atoms with E-state index in [1.807, 2.05) is 24.3 Å². The van der Waals surface area contributed by atoms with Crippen molar-refractivity contribution in [2.75, 3.05) is 0 Å². The van der Waals surface area contributed by atoms with Crippen LogP contribution in [0.3, 0.4) is 0 Å². The van der Waals surface area contributed by atoms with Crippen LogP contribution in [0.25, 0.3) is 10.8 Å². The lowest BCUT2D eigenvalue weighted by Crippen LogP contribution is -2.46. The fourth-order valence-electron chi connectivity index (χ4n) is 3.43. The number of hydrogen-bond acceptors (Lipinski definition) is 3. The first kappa shape index (κ1) is 19.9. The van der Waals surface area contributed by atoms with Crippen LogP contribution in [0.5, 0.6) is 5.75 Å². The highest BCUT2D eigenvalue weighted by atomic mass is 35.5. The SMILES string of the molecule is Fc1ccc(OC2CC(NCc3cccc4cnc(Cl)cc34)C2)cc1C(F)(F)F. The Balaban J connectivity index is 1.33. The molecule has 8 heteroatoms. The average molecular weight is 425 g/mol. The Bertz CT molecular complexity index is 1030. The maximum absolute atomic E-state index is 13.4. The number of pyridine rings is 1. The Hall–Kier alpha value is -2.38. The van der Waals surface area contributed by atoms with Crippen LogP contribution >= 0.6 is 11.6 Å². The van der Waals surface area contributed by atoms with Gasteiger partial charge in [0, 0.05) is 24.2 Å². The predicted molar refractivity (Wildman–Crippen MR) is 102 cm³/mol. The van der Waals surface area contributed by atoms with E-state index in [1.54, 1.807) is 6.20 Å². The van der Waals surface area contributed by atoms with Crippen molar-refractivity contribution < 1.29 is 22.3 Å². The minimum atomic E-state index is -4.75. The van der Waals surface area contributed by atoms with Gasteiger partial charge in [-0.15, -0.1) is 0 Å². The summed E-state index contributed by atoms with van der Waals surface area (Å²) in [5.74, 6) is -1.28. The van der Waals surface area contributed by atoms with E-state index in [1.165, 1.54) is 6.07 Å². The highest BCUT2D eigenvalue weighted by Crippen LogP contribution is 2.35. The van der Waals surface area contributed by atoms with Gasteiger partial charge in [-0.3, -0.25) is 0 Å². The molecule has 0 aliphatic heterocycles. The Labute approximate surface area is 169 Å². The summed E-state index contributed by atoms with van der Waals surface area (Å²) in [6, 6.07) is 10.7. The predicted octanol–water partition coefficient (Wildman–Crippen LogP) is 5.75. The van der Waals surface area contributed by atoms with Crippen LogP contribution in [0.15, 0.2) is 48.7 Å². The summed E-state index contributed by atoms with van der Waals surface area (Å²) < 4.78 is 57.3. The minimum absolute atomic E-state index is 0.0263. The van der Waals surface area contributed by atoms with Gasteiger partial charge in [0.2, 0.25) is 0 Å². The van der Waals surface area contributed by atoms with Crippen molar-refractivity contribution in [2.24, 2.45) is 0 Å². The molecule has 0 saturated heterocycles. The molecule has 0 radical (unpaired) electrons. The molecule has 0 unspecified atom stereocenters. The molecule has 1 aromatic heterocycles. The Morgan fingerprint density at radius 3 is 2.69 bits per heavy atom. The summed E-state index contributed by atoms with van der Waals surface area (Å²) in [7, 11) is 0. The molecule has 0 amide bonds. The fourth-order valence-corrected chi connectivity index (χ4v) is 3.59. The lowest BCUT2D eigenvalue weighted by Gasteiger charge is -2.36. The number of hydrogen-bond donors (Lipinski definition) is 1. The molecule has 1 fully saturated rings. The quantitative estimate of drug-likeness (QED) is 0.418. The third kappa shape index (κ3) is 4.46. The number of halogens is 5. The molecule has 0 atom stereocenters. The molecule has 1 aliphatic rings. The van der Waals surface area contributed by atoms with Crippen molar-refractivity contribution in [3.05, 3.63) is 70.8 Å². The van der Waals surface area contributed by atoms with E-state index in [2.05, 4.69) is 10.3 Å². The summed E-state index contributed by atoms with van der Waals surface area (Å²) in [4.78, 5) is 4.08. The molecule has 152 valence electrons. The van der Waals surface area contributed by atoms with Crippen molar-refractivity contribution in [2.45, 2.75) is 37.7 Å². The Morgan fingerprint density at radius 1 is 1.14 bits per heavy atom. The largest absolute Gasteiger partial charge is 0.490 e. The van der Waals surface area contributed by atoms with E-state index in [0.29, 0.717) is 30.6 Å². The van der Waals surface area contributed by atoms with Gasteiger partial charge in [0.15, 0.2) is 0 Å². The van der Waals surface area contributed by atoms with Crippen LogP contribution in [0.4, 0.5) is 17.6 Å². The average Bonchev–Trinajstić information content (AvgIpc) is 2.64. The molecular formula is C21H17ClF4N2O. The normalized spacial score (nSPS) is 19.2. The van der Waals surface area contributed by atoms with Gasteiger partial charge in [-0.25, -0.2) is 9.37 Å². The number of alkyl halides is 3. The van der Waals surface area contributed by atoms with Gasteiger partial charge in [0.1, 0.15) is 22.8 Å². The smallest absolute Gasteiger partial charge is 0.419 e. The van der Waals surface area contributed by atoms with Crippen LogP contribution in [-0.2, 0) is 12.7 Å². The Morgan fingerprint density at radius 2 is 1.93 bits per heavy atom. The molecule has 3 aromatic rings. The third-order valence-electron chi connectivity index (χ3n) is 5.04. The first-order valence-corrected chi connectivity index (χ1v) is 9.47. The van der Waals surface area contributed by atoms with E-state index in [0.717, 1.165) is 22.4 Å². The van der Waals surface area contributed by atoms with E-state index in [4.69, 9.17) is 16.3 Å². The van der Waals surface area contributed by atoms with E-state index in [-0.39, 0.29) is 17.9 Å². The van der Waals surface area contributed by atoms with Gasteiger partial charge >= 0.3 is 6.18 Å². The summed E-state index contributed by atoms with van der Waals surface area (Å²) >= 11 is 6.00. The van der Waals surface area contributed by atoms with Gasteiger partial charge in [-0.05, 0) is 48.1 Å². The highest BCUT2D eigenvalue weighted by Gasteiger charge is 2.35. The number of nitrogens with one attached hydrogen (secondary N) is 1. The second-order valence-corrected chi connectivity index (χ2v) is 7.46. The van der Waals surface area contributed by atoms with Crippen LogP contribution in [-0.4, -0.2) is 17.1 Å². The van der Waals surface area contributed by atoms with Crippen LogP contribution in [0.2, 0.25) is 5.15 Å². The molecule has 1 saturated carbocycles. The van der Waals surface area contributed by atoms with E-state index >= 15 is 0 Å². The van der Waals surface area contributed by atoms with Crippen molar-refractivity contribution in [3.8, 4) is 5.75 Å². The highest BCUT2D eigenvalue weighted by molar-refractivity contribution is 6.30. The van der Waals surface area contributed by atoms with Crippen molar-refractivity contribution >= 4 is 22.4 Å². The Kier molecular flexibility index (Phi) is 5.36. The fraction of sp³-hybridized carbons (Fsp3) is 0.286. The maximum atomic E-state index is 13.4. The van der Waals surface area contributed by atoms with Crippen LogP contribution in [0.1, 0.15) is 24.0 Å². The standard InChI is InChI=1S/C21H17ClF4N2O/c22-20-9-17-12(2-1-3-13(17)11-28-20)10-27-14-6-16(7-14)29-15-4-5-19(23)18(8-15)21(24,25)26/h1-5,8-9,11,14,16,27H,6-7,10H2. The minimum Gasteiger partial charge on any atom is -0.490 e. The second-order valence-electron chi connectivity index (χ2n) is 7.07. The summed E-state index contributed by atoms with van der Waals surface area (Å²) in [5, 5.41) is 5.88. The number of rotatable bonds is 5. The first-order valence-electron chi connectivity index (χ1n) is 9.09. The zero-order valence-corrected chi connectivity index (χ0v) is 15.9. The lowest BCUT2D eigenvalue weighted by atomic mass is 9.89. The number of nitrogens with zero attached hydrogens (tertiary/aromatic N) is 1. The van der Waals surface area contributed by atoms with Crippen LogP contribution in [0, 0.1) is 5.82 Å². The zero-order chi connectivity index (χ0) is 20.6. The summed E-state index contributed by atoms with van der Waals surface area (Å²) in [6.45, 7) is 0.629. The number of benzene rings is 2. The second kappa shape index (κ2) is 7.80. The van der Waals surface area contributed by atoms with Crippen molar-refractivity contribution in [1.29, 1.82) is 0 Å². The first-order chi connectivity index (χ1) is 13.8. The van der Waals surface area contributed by atoms with Gasteiger partial charge in [-0.2, -0.15) is 13.2 Å². The molecule has 0 bridgehead atoms. The topological polar surface area (TPSA) is 34.1 Å². The van der Waals surface area contributed by atoms with Gasteiger partial charge in [0.05, 0.1) is 5.56 Å². The number of aromatic nitrogens is 1. The molecule has 29 heavy (non-hydrogen) atoms. The molecule has 0 spiro atoms. The molecule has 3 nitrogen and oxygen atoms in total. The lowest BCUT2D eigenvalue weighted by molar-refractivity contribution is -0.140. The van der Waals surface area contributed by atoms with E-state index < -0.39 is 17.6 Å². The molecular weight excluding hydrogens is 408 g/mol. The molecule has 1 aliphatic carbocycles. The van der Waals surface area contributed by atoms with Gasteiger partial charge in [0.25, 0.3) is 0 Å². The molecule has 4 rings (SSSR count). The third-order valence-corrected chi connectivity index (χ3v) is 5.25. The summed E-state index contributed by atoms with van der Waals surface area (Å²) in [5.41, 5.74) is -0.224. The maximum Gasteiger partial charge on any atom is 0.419 e. The molecule has 1 N–H and O–H groups in total. The number of fused-ring (bicyclic) bond motifs is 1.